The van der Waals surface area contributed by atoms with Crippen molar-refractivity contribution in [3.63, 3.8) is 0 Å². The molecule has 0 heterocycles. The van der Waals surface area contributed by atoms with Crippen LogP contribution in [0.2, 0.25) is 0 Å². The maximum Gasteiger partial charge on any atom is 0.102 e. The summed E-state index contributed by atoms with van der Waals surface area (Å²) in [5.74, 6) is 0. The fourth-order valence-corrected chi connectivity index (χ4v) is 1.84. The number of aliphatic hydroxyl groups excluding tert-OH is 2. The zero-order valence-electron chi connectivity index (χ0n) is 10.1. The van der Waals surface area contributed by atoms with Crippen LogP contribution in [0.4, 0.5) is 5.69 Å². The first kappa shape index (κ1) is 11.9. The molecule has 0 radical (unpaired) electrons. The number of anilines is 1. The molecule has 0 saturated carbocycles. The summed E-state index contributed by atoms with van der Waals surface area (Å²) >= 11 is 0. The van der Waals surface area contributed by atoms with Gasteiger partial charge < -0.3 is 15.1 Å². The predicted octanol–water partition coefficient (Wildman–Crippen LogP) is 1.93. The maximum atomic E-state index is 9.57. The third kappa shape index (κ3) is 2.40. The number of fused-ring (bicyclic) bond motifs is 1. The number of hydrogen-bond donors (Lipinski definition) is 2. The topological polar surface area (TPSA) is 43.7 Å². The van der Waals surface area contributed by atoms with E-state index in [1.807, 2.05) is 44.4 Å². The van der Waals surface area contributed by atoms with Crippen molar-refractivity contribution in [2.75, 3.05) is 25.6 Å². The van der Waals surface area contributed by atoms with E-state index in [9.17, 15) is 5.11 Å². The van der Waals surface area contributed by atoms with Crippen molar-refractivity contribution in [3.05, 3.63) is 42.0 Å². The average molecular weight is 231 g/mol. The smallest absolute Gasteiger partial charge is 0.102 e. The monoisotopic (exact) mass is 231 g/mol. The van der Waals surface area contributed by atoms with Crippen LogP contribution in [0.25, 0.3) is 10.8 Å². The normalized spacial score (nSPS) is 12.7. The molecule has 0 bridgehead atoms. The van der Waals surface area contributed by atoms with Gasteiger partial charge in [0.15, 0.2) is 0 Å². The molecule has 2 aromatic rings. The second kappa shape index (κ2) is 4.73. The Bertz CT molecular complexity index is 523. The minimum Gasteiger partial charge on any atom is -0.393 e. The summed E-state index contributed by atoms with van der Waals surface area (Å²) in [5, 5.41) is 20.7. The van der Waals surface area contributed by atoms with E-state index in [2.05, 4.69) is 11.0 Å². The lowest BCUT2D eigenvalue weighted by molar-refractivity contribution is 0.0957. The van der Waals surface area contributed by atoms with Crippen LogP contribution >= 0.6 is 0 Å². The van der Waals surface area contributed by atoms with Gasteiger partial charge in [0.2, 0.25) is 0 Å². The van der Waals surface area contributed by atoms with Crippen molar-refractivity contribution in [1.82, 2.24) is 0 Å². The summed E-state index contributed by atoms with van der Waals surface area (Å²) in [6, 6.07) is 11.9. The fourth-order valence-electron chi connectivity index (χ4n) is 1.84. The molecule has 3 nitrogen and oxygen atoms in total. The largest absolute Gasteiger partial charge is 0.393 e. The molecule has 17 heavy (non-hydrogen) atoms. The van der Waals surface area contributed by atoms with Gasteiger partial charge in [0.25, 0.3) is 0 Å². The Morgan fingerprint density at radius 1 is 1.06 bits per heavy atom. The molecule has 0 aromatic heterocycles. The van der Waals surface area contributed by atoms with Gasteiger partial charge in [-0.2, -0.15) is 0 Å². The molecule has 0 aliphatic heterocycles. The van der Waals surface area contributed by atoms with Crippen molar-refractivity contribution >= 4 is 16.5 Å². The second-order valence-electron chi connectivity index (χ2n) is 4.38. The maximum absolute atomic E-state index is 9.57. The van der Waals surface area contributed by atoms with Gasteiger partial charge in [-0.1, -0.05) is 18.2 Å². The highest BCUT2D eigenvalue weighted by atomic mass is 16.3. The first-order valence-corrected chi connectivity index (χ1v) is 5.62. The van der Waals surface area contributed by atoms with Gasteiger partial charge in [0.1, 0.15) is 6.10 Å². The molecule has 0 amide bonds. The summed E-state index contributed by atoms with van der Waals surface area (Å²) in [6.45, 7) is -0.249. The van der Waals surface area contributed by atoms with E-state index in [1.165, 1.54) is 0 Å². The summed E-state index contributed by atoms with van der Waals surface area (Å²) in [6.07, 6.45) is -0.798. The number of aliphatic hydroxyl groups is 2. The van der Waals surface area contributed by atoms with Gasteiger partial charge in [-0.25, -0.2) is 0 Å². The van der Waals surface area contributed by atoms with Gasteiger partial charge in [-0.05, 0) is 34.5 Å². The average Bonchev–Trinajstić information content (AvgIpc) is 2.36. The van der Waals surface area contributed by atoms with Gasteiger partial charge >= 0.3 is 0 Å². The summed E-state index contributed by atoms with van der Waals surface area (Å²) < 4.78 is 0. The fraction of sp³-hybridized carbons (Fsp3) is 0.286. The Labute approximate surface area is 101 Å². The molecule has 0 fully saturated rings. The van der Waals surface area contributed by atoms with Gasteiger partial charge in [0, 0.05) is 19.8 Å². The quantitative estimate of drug-likeness (QED) is 0.848. The third-order valence-electron chi connectivity index (χ3n) is 2.92. The van der Waals surface area contributed by atoms with Crippen LogP contribution in [0, 0.1) is 0 Å². The zero-order valence-corrected chi connectivity index (χ0v) is 10.1. The van der Waals surface area contributed by atoms with Gasteiger partial charge in [-0.3, -0.25) is 0 Å². The standard InChI is InChI=1S/C14H17NO2/c1-15(2)13-6-5-10-7-12(14(17)9-16)4-3-11(10)8-13/h3-8,14,16-17H,9H2,1-2H3/t14-/m1/s1. The van der Waals surface area contributed by atoms with E-state index in [-0.39, 0.29) is 6.61 Å². The van der Waals surface area contributed by atoms with E-state index >= 15 is 0 Å². The number of rotatable bonds is 3. The molecule has 0 spiro atoms. The Balaban J connectivity index is 2.46. The molecule has 1 atom stereocenters. The highest BCUT2D eigenvalue weighted by molar-refractivity contribution is 5.86. The molecule has 90 valence electrons. The van der Waals surface area contributed by atoms with E-state index in [0.717, 1.165) is 22.0 Å². The van der Waals surface area contributed by atoms with Crippen molar-refractivity contribution in [2.24, 2.45) is 0 Å². The SMILES string of the molecule is CN(C)c1ccc2cc([C@H](O)CO)ccc2c1. The van der Waals surface area contributed by atoms with E-state index < -0.39 is 6.10 Å². The Morgan fingerprint density at radius 3 is 2.35 bits per heavy atom. The van der Waals surface area contributed by atoms with E-state index in [4.69, 9.17) is 5.11 Å². The van der Waals surface area contributed by atoms with Crippen LogP contribution in [0.1, 0.15) is 11.7 Å². The van der Waals surface area contributed by atoms with Crippen LogP contribution < -0.4 is 4.90 Å². The second-order valence-corrected chi connectivity index (χ2v) is 4.38. The minimum atomic E-state index is -0.798. The summed E-state index contributed by atoms with van der Waals surface area (Å²) in [5.41, 5.74) is 1.89. The Hall–Kier alpha value is -1.58. The predicted molar refractivity (Wildman–Crippen MR) is 70.3 cm³/mol. The zero-order chi connectivity index (χ0) is 12.4. The molecular formula is C14H17NO2. The summed E-state index contributed by atoms with van der Waals surface area (Å²) in [7, 11) is 4.01. The van der Waals surface area contributed by atoms with Crippen molar-refractivity contribution < 1.29 is 10.2 Å². The number of benzene rings is 2. The minimum absolute atomic E-state index is 0.249. The van der Waals surface area contributed by atoms with Crippen LogP contribution in [0.5, 0.6) is 0 Å². The van der Waals surface area contributed by atoms with Crippen molar-refractivity contribution in [1.29, 1.82) is 0 Å². The van der Waals surface area contributed by atoms with Gasteiger partial charge in [-0.15, -0.1) is 0 Å². The third-order valence-corrected chi connectivity index (χ3v) is 2.92. The molecule has 0 saturated heterocycles. The van der Waals surface area contributed by atoms with Crippen LogP contribution in [-0.4, -0.2) is 30.9 Å². The number of hydrogen-bond acceptors (Lipinski definition) is 3. The first-order chi connectivity index (χ1) is 8.11. The molecular weight excluding hydrogens is 214 g/mol. The summed E-state index contributed by atoms with van der Waals surface area (Å²) in [4.78, 5) is 2.05. The molecule has 2 rings (SSSR count). The first-order valence-electron chi connectivity index (χ1n) is 5.62. The van der Waals surface area contributed by atoms with Crippen LogP contribution in [-0.2, 0) is 0 Å². The molecule has 2 aromatic carbocycles. The highest BCUT2D eigenvalue weighted by Gasteiger charge is 2.06. The Kier molecular flexibility index (Phi) is 3.31. The molecule has 0 unspecified atom stereocenters. The molecule has 2 N–H and O–H groups in total. The molecule has 3 heteroatoms. The molecule has 0 aliphatic rings. The van der Waals surface area contributed by atoms with Gasteiger partial charge in [0.05, 0.1) is 6.61 Å². The lowest BCUT2D eigenvalue weighted by Gasteiger charge is -2.14. The number of nitrogens with zero attached hydrogens (tertiary/aromatic N) is 1. The van der Waals surface area contributed by atoms with E-state index in [0.29, 0.717) is 0 Å². The molecule has 0 aliphatic carbocycles. The lowest BCUT2D eigenvalue weighted by Crippen LogP contribution is -2.08. The Morgan fingerprint density at radius 2 is 1.71 bits per heavy atom. The highest BCUT2D eigenvalue weighted by Crippen LogP contribution is 2.24. The van der Waals surface area contributed by atoms with Crippen molar-refractivity contribution in [3.8, 4) is 0 Å². The lowest BCUT2D eigenvalue weighted by atomic mass is 10.0. The van der Waals surface area contributed by atoms with Crippen LogP contribution in [0.3, 0.4) is 0 Å². The van der Waals surface area contributed by atoms with Crippen molar-refractivity contribution in [2.45, 2.75) is 6.10 Å². The van der Waals surface area contributed by atoms with Crippen LogP contribution in [0.15, 0.2) is 36.4 Å². The van der Waals surface area contributed by atoms with E-state index in [1.54, 1.807) is 0 Å².